The van der Waals surface area contributed by atoms with E-state index in [1.165, 1.54) is 22.3 Å². The number of aromatic nitrogens is 3. The van der Waals surface area contributed by atoms with E-state index in [2.05, 4.69) is 15.5 Å². The minimum atomic E-state index is -3.17. The Balaban J connectivity index is 1.53. The fourth-order valence-corrected chi connectivity index (χ4v) is 4.75. The molecule has 1 fully saturated rings. The van der Waals surface area contributed by atoms with Crippen molar-refractivity contribution in [3.8, 4) is 5.69 Å². The molecule has 1 aliphatic heterocycles. The number of thioether (sulfide) groups is 1. The van der Waals surface area contributed by atoms with Gasteiger partial charge in [0.2, 0.25) is 15.9 Å². The Labute approximate surface area is 173 Å². The Hall–Kier alpha value is -1.62. The molecule has 1 aromatic carbocycles. The number of aryl methyl sites for hydroxylation is 1. The maximum atomic E-state index is 12.3. The smallest absolute Gasteiger partial charge is 0.230 e. The topological polar surface area (TPSA) is 97.2 Å². The predicted molar refractivity (Wildman–Crippen MR) is 109 cm³/mol. The van der Waals surface area contributed by atoms with Gasteiger partial charge in [0.25, 0.3) is 0 Å². The third kappa shape index (κ3) is 5.25. The first-order valence-electron chi connectivity index (χ1n) is 8.78. The second kappa shape index (κ2) is 8.81. The Morgan fingerprint density at radius 3 is 2.71 bits per heavy atom. The van der Waals surface area contributed by atoms with Crippen molar-refractivity contribution in [2.75, 3.05) is 25.1 Å². The first-order chi connectivity index (χ1) is 13.2. The Morgan fingerprint density at radius 2 is 2.07 bits per heavy atom. The number of sulfonamides is 1. The van der Waals surface area contributed by atoms with Crippen LogP contribution in [-0.2, 0) is 14.8 Å². The number of nitrogens with one attached hydrogen (secondary N) is 1. The van der Waals surface area contributed by atoms with Gasteiger partial charge in [-0.05, 0) is 37.5 Å². The predicted octanol–water partition coefficient (Wildman–Crippen LogP) is 1.86. The summed E-state index contributed by atoms with van der Waals surface area (Å²) in [6.07, 6.45) is 4.02. The van der Waals surface area contributed by atoms with Gasteiger partial charge >= 0.3 is 0 Å². The summed E-state index contributed by atoms with van der Waals surface area (Å²) in [5, 5.41) is 12.2. The second-order valence-corrected chi connectivity index (χ2v) is 10.0. The van der Waals surface area contributed by atoms with Gasteiger partial charge in [-0.1, -0.05) is 29.4 Å². The monoisotopic (exact) mass is 443 g/mol. The highest BCUT2D eigenvalue weighted by Gasteiger charge is 2.25. The normalized spacial score (nSPS) is 16.2. The van der Waals surface area contributed by atoms with Crippen molar-refractivity contribution in [2.24, 2.45) is 0 Å². The van der Waals surface area contributed by atoms with Crippen LogP contribution in [0.2, 0.25) is 5.02 Å². The van der Waals surface area contributed by atoms with Crippen molar-refractivity contribution in [3.05, 3.63) is 35.1 Å². The van der Waals surface area contributed by atoms with Gasteiger partial charge in [-0.25, -0.2) is 12.7 Å². The molecule has 0 aliphatic carbocycles. The summed E-state index contributed by atoms with van der Waals surface area (Å²) in [6.45, 7) is 2.79. The molecule has 2 aromatic rings. The molecule has 11 heteroatoms. The van der Waals surface area contributed by atoms with Gasteiger partial charge in [0, 0.05) is 24.2 Å². The molecule has 28 heavy (non-hydrogen) atoms. The van der Waals surface area contributed by atoms with E-state index in [1.54, 1.807) is 10.9 Å². The molecule has 2 heterocycles. The minimum Gasteiger partial charge on any atom is -0.353 e. The van der Waals surface area contributed by atoms with Crippen LogP contribution in [0.25, 0.3) is 5.69 Å². The maximum absolute atomic E-state index is 12.3. The van der Waals surface area contributed by atoms with Gasteiger partial charge in [-0.3, -0.25) is 9.36 Å². The highest BCUT2D eigenvalue weighted by Crippen LogP contribution is 2.24. The SMILES string of the molecule is Cc1ccc(-n2cnnc2SCC(=O)NC2CCN(S(C)(=O)=O)CC2)cc1Cl. The first-order valence-corrected chi connectivity index (χ1v) is 12.0. The molecule has 1 N–H and O–H groups in total. The van der Waals surface area contributed by atoms with Gasteiger partial charge in [0.05, 0.1) is 17.7 Å². The molecule has 1 aliphatic rings. The number of rotatable bonds is 6. The van der Waals surface area contributed by atoms with E-state index in [9.17, 15) is 13.2 Å². The van der Waals surface area contributed by atoms with Crippen LogP contribution in [0.4, 0.5) is 0 Å². The van der Waals surface area contributed by atoms with Crippen molar-refractivity contribution < 1.29 is 13.2 Å². The molecule has 152 valence electrons. The van der Waals surface area contributed by atoms with E-state index in [-0.39, 0.29) is 17.7 Å². The summed E-state index contributed by atoms with van der Waals surface area (Å²) in [7, 11) is -3.17. The fraction of sp³-hybridized carbons (Fsp3) is 0.471. The number of hydrogen-bond acceptors (Lipinski definition) is 6. The van der Waals surface area contributed by atoms with Crippen molar-refractivity contribution in [3.63, 3.8) is 0 Å². The minimum absolute atomic E-state index is 0.0140. The molecule has 0 bridgehead atoms. The first kappa shape index (κ1) is 21.1. The number of carbonyl (C=O) groups excluding carboxylic acids is 1. The molecular weight excluding hydrogens is 422 g/mol. The molecule has 0 spiro atoms. The van der Waals surface area contributed by atoms with Crippen LogP contribution in [-0.4, -0.2) is 64.5 Å². The third-order valence-corrected chi connectivity index (χ3v) is 7.22. The number of carbonyl (C=O) groups is 1. The number of amides is 1. The lowest BCUT2D eigenvalue weighted by Crippen LogP contribution is -2.46. The molecule has 1 amide bonds. The quantitative estimate of drug-likeness (QED) is 0.684. The van der Waals surface area contributed by atoms with E-state index in [4.69, 9.17) is 11.6 Å². The molecular formula is C17H22ClN5O3S2. The summed E-state index contributed by atoms with van der Waals surface area (Å²) in [6, 6.07) is 5.66. The zero-order valence-electron chi connectivity index (χ0n) is 15.6. The summed E-state index contributed by atoms with van der Waals surface area (Å²) >= 11 is 7.48. The lowest BCUT2D eigenvalue weighted by Gasteiger charge is -2.30. The Morgan fingerprint density at radius 1 is 1.36 bits per heavy atom. The van der Waals surface area contributed by atoms with Crippen molar-refractivity contribution >= 4 is 39.3 Å². The van der Waals surface area contributed by atoms with E-state index in [0.29, 0.717) is 36.1 Å². The van der Waals surface area contributed by atoms with Crippen LogP contribution in [0, 0.1) is 6.92 Å². The van der Waals surface area contributed by atoms with Crippen molar-refractivity contribution in [2.45, 2.75) is 31.0 Å². The van der Waals surface area contributed by atoms with Crippen LogP contribution in [0.5, 0.6) is 0 Å². The van der Waals surface area contributed by atoms with Crippen LogP contribution in [0.15, 0.2) is 29.7 Å². The highest BCUT2D eigenvalue weighted by atomic mass is 35.5. The van der Waals surface area contributed by atoms with Crippen molar-refractivity contribution in [1.82, 2.24) is 24.4 Å². The number of halogens is 1. The summed E-state index contributed by atoms with van der Waals surface area (Å²) in [5.74, 6) is 0.0872. The number of nitrogens with zero attached hydrogens (tertiary/aromatic N) is 4. The average molecular weight is 444 g/mol. The van der Waals surface area contributed by atoms with Crippen LogP contribution in [0.3, 0.4) is 0 Å². The molecule has 0 unspecified atom stereocenters. The molecule has 0 radical (unpaired) electrons. The van der Waals surface area contributed by atoms with E-state index < -0.39 is 10.0 Å². The molecule has 1 aromatic heterocycles. The lowest BCUT2D eigenvalue weighted by molar-refractivity contribution is -0.119. The van der Waals surface area contributed by atoms with Crippen LogP contribution in [0.1, 0.15) is 18.4 Å². The molecule has 0 atom stereocenters. The van der Waals surface area contributed by atoms with Crippen molar-refractivity contribution in [1.29, 1.82) is 0 Å². The standard InChI is InChI=1S/C17H22ClN5O3S2/c1-12-3-4-14(9-15(12)18)23-11-19-21-17(23)27-10-16(24)20-13-5-7-22(8-6-13)28(2,25)26/h3-4,9,11,13H,5-8,10H2,1-2H3,(H,20,24). The van der Waals surface area contributed by atoms with E-state index in [0.717, 1.165) is 11.3 Å². The lowest BCUT2D eigenvalue weighted by atomic mass is 10.1. The molecule has 8 nitrogen and oxygen atoms in total. The van der Waals surface area contributed by atoms with Gasteiger partial charge in [0.1, 0.15) is 6.33 Å². The summed E-state index contributed by atoms with van der Waals surface area (Å²) in [5.41, 5.74) is 1.81. The van der Waals surface area contributed by atoms with E-state index in [1.807, 2.05) is 25.1 Å². The van der Waals surface area contributed by atoms with Crippen LogP contribution < -0.4 is 5.32 Å². The molecule has 1 saturated heterocycles. The van der Waals surface area contributed by atoms with E-state index >= 15 is 0 Å². The Bertz CT molecular complexity index is 955. The summed E-state index contributed by atoms with van der Waals surface area (Å²) < 4.78 is 26.3. The van der Waals surface area contributed by atoms with Gasteiger partial charge < -0.3 is 5.32 Å². The average Bonchev–Trinajstić information content (AvgIpc) is 3.10. The molecule has 3 rings (SSSR count). The van der Waals surface area contributed by atoms with Gasteiger partial charge in [-0.2, -0.15) is 0 Å². The number of benzene rings is 1. The number of piperidine rings is 1. The van der Waals surface area contributed by atoms with Gasteiger partial charge in [0.15, 0.2) is 5.16 Å². The maximum Gasteiger partial charge on any atom is 0.230 e. The van der Waals surface area contributed by atoms with Crippen LogP contribution >= 0.6 is 23.4 Å². The number of hydrogen-bond donors (Lipinski definition) is 1. The molecule has 0 saturated carbocycles. The largest absolute Gasteiger partial charge is 0.353 e. The third-order valence-electron chi connectivity index (χ3n) is 4.57. The fourth-order valence-electron chi connectivity index (χ4n) is 2.96. The zero-order valence-corrected chi connectivity index (χ0v) is 18.0. The zero-order chi connectivity index (χ0) is 20.3. The van der Waals surface area contributed by atoms with Gasteiger partial charge in [-0.15, -0.1) is 10.2 Å². The highest BCUT2D eigenvalue weighted by molar-refractivity contribution is 7.99. The second-order valence-electron chi connectivity index (χ2n) is 6.71. The summed E-state index contributed by atoms with van der Waals surface area (Å²) in [4.78, 5) is 12.3. The Kier molecular flexibility index (Phi) is 6.64.